The van der Waals surface area contributed by atoms with Crippen LogP contribution >= 0.6 is 0 Å². The van der Waals surface area contributed by atoms with Crippen molar-refractivity contribution in [3.05, 3.63) is 359 Å². The maximum atomic E-state index is 11.1. The van der Waals surface area contributed by atoms with E-state index in [-0.39, 0.29) is 46.5 Å². The average Bonchev–Trinajstić information content (AvgIpc) is 1.63. The zero-order valence-electron chi connectivity index (χ0n) is 64.1. The summed E-state index contributed by atoms with van der Waals surface area (Å²) in [7, 11) is 0. The number of imidazole rings is 4. The van der Waals surface area contributed by atoms with Gasteiger partial charge in [-0.3, -0.25) is 17.6 Å². The number of phenolic OH excluding ortho intramolecular Hbond substituents is 4. The monoisotopic (exact) mass is 1540 g/mol. The zero-order valence-corrected chi connectivity index (χ0v) is 64.1. The molecule has 0 bridgehead atoms. The SMILES string of the molecule is CCCCc1nc2c(Cc3ccccc3)nc(-c3ccc(O)cc3)cn2c1O.CCCc1nc2c(Cc3ccccc3)nc(-c3ccc(O)cc3)cn2c1O.Cc1ccc(-c2nc3c(Cc4ccccc4)nc(-c4ccc(O)cc4)cn3c2O)cc1.Oc1ccc(-c2cn3c(O)c(Cc4ccco4)nc3c(Cc3ccccc3)n2)cc1. The lowest BCUT2D eigenvalue weighted by Crippen LogP contribution is -2.00. The first-order valence-electron chi connectivity index (χ1n) is 38.4. The summed E-state index contributed by atoms with van der Waals surface area (Å²) < 4.78 is 12.2. The third-order valence-electron chi connectivity index (χ3n) is 19.8. The van der Waals surface area contributed by atoms with Crippen LogP contribution in [0, 0.1) is 6.92 Å². The number of unbranched alkanes of at least 4 members (excludes halogenated alkanes) is 1. The second-order valence-corrected chi connectivity index (χ2v) is 28.3. The molecule has 9 aromatic heterocycles. The minimum absolute atomic E-state index is 0.0677. The van der Waals surface area contributed by atoms with E-state index in [0.717, 1.165) is 121 Å². The van der Waals surface area contributed by atoms with E-state index >= 15 is 0 Å². The molecule has 21 nitrogen and oxygen atoms in total. The molecule has 0 saturated heterocycles. The van der Waals surface area contributed by atoms with Crippen LogP contribution in [0.5, 0.6) is 46.5 Å². The Morgan fingerprint density at radius 3 is 0.914 bits per heavy atom. The highest BCUT2D eigenvalue weighted by atomic mass is 16.3. The van der Waals surface area contributed by atoms with Gasteiger partial charge in [0.15, 0.2) is 22.6 Å². The van der Waals surface area contributed by atoms with E-state index in [1.807, 2.05) is 171 Å². The molecular formula is C95H84N12O9. The molecule has 0 aliphatic rings. The molecule has 9 heterocycles. The van der Waals surface area contributed by atoms with Crippen molar-refractivity contribution < 1.29 is 45.3 Å². The Balaban J connectivity index is 0.000000122. The molecular weight excluding hydrogens is 1450 g/mol. The maximum Gasteiger partial charge on any atom is 0.224 e. The van der Waals surface area contributed by atoms with Gasteiger partial charge in [-0.2, -0.15) is 0 Å². The van der Waals surface area contributed by atoms with Crippen molar-refractivity contribution in [3.63, 3.8) is 0 Å². The quantitative estimate of drug-likeness (QED) is 0.0352. The summed E-state index contributed by atoms with van der Waals surface area (Å²) in [5.41, 5.74) is 21.0. The predicted molar refractivity (Wildman–Crippen MR) is 448 cm³/mol. The van der Waals surface area contributed by atoms with Crippen LogP contribution in [0.15, 0.2) is 290 Å². The summed E-state index contributed by atoms with van der Waals surface area (Å²) in [6, 6.07) is 79.5. The van der Waals surface area contributed by atoms with Gasteiger partial charge in [0.05, 0.1) is 58.2 Å². The Labute approximate surface area is 668 Å². The van der Waals surface area contributed by atoms with Gasteiger partial charge in [0.1, 0.15) is 51.5 Å². The molecule has 0 atom stereocenters. The van der Waals surface area contributed by atoms with Crippen molar-refractivity contribution in [2.75, 3.05) is 0 Å². The molecule has 18 aromatic rings. The van der Waals surface area contributed by atoms with E-state index in [9.17, 15) is 40.9 Å². The summed E-state index contributed by atoms with van der Waals surface area (Å²) in [5, 5.41) is 81.7. The van der Waals surface area contributed by atoms with Gasteiger partial charge in [0, 0.05) is 78.3 Å². The molecule has 8 N–H and O–H groups in total. The standard InChI is InChI=1S/C26H21N3O2.C24H19N3O3.C23H23N3O2.C22H21N3O2/c1-17-7-9-20(10-8-17)24-26(31)29-16-23(19-11-13-21(30)14-12-19)27-22(25(29)28-24)15-18-5-3-2-4-6-18;28-18-10-8-17(9-11-18)22-15-27-23(20(25-22)13-16-5-2-1-3-6-16)26-21(24(27)29)14-19-7-4-12-30-19;1-2-3-9-19-23(28)26-15-21(17-10-12-18(27)13-11-17)24-20(22(26)25-19)14-16-7-5-4-6-8-16;1-2-6-18-22(27)25-14-20(16-9-11-17(26)12-10-16)23-19(21(25)24-18)13-15-7-4-3-5-8-15/h2-14,16,30-31H,15H2,1H3;1-12,15,28-29H,13-14H2;4-8,10-13,15,27-28H,2-3,9,14H2,1H3;3-5,7-12,14,26-27H,2,6,13H2,1H3. The van der Waals surface area contributed by atoms with Crippen molar-refractivity contribution in [3.8, 4) is 103 Å². The van der Waals surface area contributed by atoms with Crippen molar-refractivity contribution in [2.24, 2.45) is 0 Å². The fraction of sp³-hybridized carbons (Fsp3) is 0.137. The Hall–Kier alpha value is -14.9. The van der Waals surface area contributed by atoms with Crippen molar-refractivity contribution in [1.82, 2.24) is 57.5 Å². The summed E-state index contributed by atoms with van der Waals surface area (Å²) in [6.45, 7) is 6.21. The van der Waals surface area contributed by atoms with E-state index in [2.05, 4.69) is 60.2 Å². The van der Waals surface area contributed by atoms with Crippen LogP contribution in [-0.2, 0) is 44.9 Å². The molecule has 578 valence electrons. The number of rotatable bonds is 20. The molecule has 0 saturated carbocycles. The molecule has 0 aliphatic carbocycles. The van der Waals surface area contributed by atoms with Gasteiger partial charge in [-0.15, -0.1) is 0 Å². The second kappa shape index (κ2) is 34.8. The summed E-state index contributed by atoms with van der Waals surface area (Å²) in [6.07, 6.45) is 16.0. The summed E-state index contributed by atoms with van der Waals surface area (Å²) in [5.74, 6) is 2.03. The lowest BCUT2D eigenvalue weighted by Gasteiger charge is -2.08. The number of hydrogen-bond donors (Lipinski definition) is 8. The van der Waals surface area contributed by atoms with E-state index < -0.39 is 0 Å². The topological polar surface area (TPSA) is 296 Å². The van der Waals surface area contributed by atoms with Gasteiger partial charge in [0.25, 0.3) is 0 Å². The number of aromatic hydroxyl groups is 8. The van der Waals surface area contributed by atoms with Crippen LogP contribution in [0.2, 0.25) is 0 Å². The summed E-state index contributed by atoms with van der Waals surface area (Å²) in [4.78, 5) is 38.2. The van der Waals surface area contributed by atoms with E-state index in [0.29, 0.717) is 95.3 Å². The van der Waals surface area contributed by atoms with Gasteiger partial charge in [-0.05, 0) is 158 Å². The van der Waals surface area contributed by atoms with Gasteiger partial charge in [-0.1, -0.05) is 178 Å². The molecule has 0 aliphatic heterocycles. The first-order valence-corrected chi connectivity index (χ1v) is 38.4. The molecule has 0 fully saturated rings. The Morgan fingerprint density at radius 2 is 0.586 bits per heavy atom. The smallest absolute Gasteiger partial charge is 0.224 e. The van der Waals surface area contributed by atoms with Crippen LogP contribution in [-0.4, -0.2) is 98.3 Å². The van der Waals surface area contributed by atoms with E-state index in [1.54, 1.807) is 103 Å². The lowest BCUT2D eigenvalue weighted by molar-refractivity contribution is 0.438. The molecule has 0 unspecified atom stereocenters. The lowest BCUT2D eigenvalue weighted by atomic mass is 10.1. The maximum absolute atomic E-state index is 11.1. The van der Waals surface area contributed by atoms with Gasteiger partial charge < -0.3 is 45.3 Å². The summed E-state index contributed by atoms with van der Waals surface area (Å²) >= 11 is 0. The highest BCUT2D eigenvalue weighted by Crippen LogP contribution is 2.37. The molecule has 21 heteroatoms. The van der Waals surface area contributed by atoms with Crippen LogP contribution < -0.4 is 0 Å². The number of nitrogens with zero attached hydrogens (tertiary/aromatic N) is 12. The molecule has 0 spiro atoms. The van der Waals surface area contributed by atoms with Crippen molar-refractivity contribution in [1.29, 1.82) is 0 Å². The molecule has 9 aromatic carbocycles. The normalized spacial score (nSPS) is 11.2. The molecule has 0 radical (unpaired) electrons. The van der Waals surface area contributed by atoms with Crippen LogP contribution in [0.3, 0.4) is 0 Å². The fourth-order valence-electron chi connectivity index (χ4n) is 13.8. The number of furan rings is 1. The van der Waals surface area contributed by atoms with Crippen LogP contribution in [0.4, 0.5) is 0 Å². The molecule has 0 amide bonds. The number of benzene rings is 9. The van der Waals surface area contributed by atoms with Crippen molar-refractivity contribution in [2.45, 2.75) is 85.0 Å². The number of phenols is 4. The highest BCUT2D eigenvalue weighted by molar-refractivity contribution is 5.73. The number of hydrogen-bond acceptors (Lipinski definition) is 17. The van der Waals surface area contributed by atoms with Crippen LogP contribution in [0.1, 0.15) is 107 Å². The fourth-order valence-corrected chi connectivity index (χ4v) is 13.8. The number of aromatic nitrogens is 12. The van der Waals surface area contributed by atoms with E-state index in [4.69, 9.17) is 34.3 Å². The predicted octanol–water partition coefficient (Wildman–Crippen LogP) is 19.0. The first-order chi connectivity index (χ1) is 56.6. The molecule has 116 heavy (non-hydrogen) atoms. The highest BCUT2D eigenvalue weighted by Gasteiger charge is 2.24. The van der Waals surface area contributed by atoms with Gasteiger partial charge in [0.2, 0.25) is 23.5 Å². The number of fused-ring (bicyclic) bond motifs is 4. The first kappa shape index (κ1) is 76.5. The minimum Gasteiger partial charge on any atom is -0.508 e. The Bertz CT molecular complexity index is 6360. The second-order valence-electron chi connectivity index (χ2n) is 28.3. The largest absolute Gasteiger partial charge is 0.508 e. The minimum atomic E-state index is 0.0677. The van der Waals surface area contributed by atoms with Crippen molar-refractivity contribution >= 4 is 22.6 Å². The van der Waals surface area contributed by atoms with Gasteiger partial charge >= 0.3 is 0 Å². The Morgan fingerprint density at radius 1 is 0.276 bits per heavy atom. The number of aryl methyl sites for hydroxylation is 3. The third-order valence-corrected chi connectivity index (χ3v) is 19.8. The Kier molecular flexibility index (Phi) is 23.0. The third kappa shape index (κ3) is 17.6. The average molecular weight is 1540 g/mol. The zero-order chi connectivity index (χ0) is 80.2. The van der Waals surface area contributed by atoms with Gasteiger partial charge in [-0.25, -0.2) is 39.9 Å². The molecule has 18 rings (SSSR count). The van der Waals surface area contributed by atoms with Crippen LogP contribution in [0.25, 0.3) is 78.9 Å². The van der Waals surface area contributed by atoms with E-state index in [1.165, 1.54) is 0 Å².